The summed E-state index contributed by atoms with van der Waals surface area (Å²) in [5.74, 6) is 0.210. The molecule has 20 heavy (non-hydrogen) atoms. The Balaban J connectivity index is 1.60. The van der Waals surface area contributed by atoms with Crippen molar-refractivity contribution in [3.8, 4) is 0 Å². The maximum absolute atomic E-state index is 12.0. The molecule has 1 aliphatic heterocycles. The van der Waals surface area contributed by atoms with Crippen LogP contribution in [0.25, 0.3) is 0 Å². The van der Waals surface area contributed by atoms with Gasteiger partial charge in [0, 0.05) is 6.54 Å². The van der Waals surface area contributed by atoms with Gasteiger partial charge in [-0.2, -0.15) is 0 Å². The number of nitrogens with zero attached hydrogens (tertiary/aromatic N) is 1. The minimum atomic E-state index is 0.210. The van der Waals surface area contributed by atoms with Crippen LogP contribution in [0.1, 0.15) is 64.2 Å². The lowest BCUT2D eigenvalue weighted by Crippen LogP contribution is -2.39. The largest absolute Gasteiger partial charge is 0.355 e. The summed E-state index contributed by atoms with van der Waals surface area (Å²) in [5.41, 5.74) is 1.54. The van der Waals surface area contributed by atoms with Crippen molar-refractivity contribution in [1.29, 1.82) is 0 Å². The van der Waals surface area contributed by atoms with E-state index in [1.165, 1.54) is 57.8 Å². The van der Waals surface area contributed by atoms with Crippen LogP contribution in [-0.2, 0) is 4.79 Å². The van der Waals surface area contributed by atoms with Crippen molar-refractivity contribution >= 4 is 5.91 Å². The quantitative estimate of drug-likeness (QED) is 0.783. The number of nitrogens with one attached hydrogen (secondary N) is 1. The number of carbonyl (C=O) groups excluding carboxylic acids is 1. The number of rotatable bonds is 5. The normalized spacial score (nSPS) is 21.7. The molecular formula is C17H30N2O. The van der Waals surface area contributed by atoms with E-state index in [0.29, 0.717) is 6.54 Å². The predicted molar refractivity (Wildman–Crippen MR) is 83.7 cm³/mol. The van der Waals surface area contributed by atoms with E-state index in [0.717, 1.165) is 26.1 Å². The van der Waals surface area contributed by atoms with Crippen LogP contribution in [0, 0.1) is 0 Å². The van der Waals surface area contributed by atoms with Gasteiger partial charge >= 0.3 is 0 Å². The molecule has 114 valence electrons. The second-order valence-corrected chi connectivity index (χ2v) is 6.25. The van der Waals surface area contributed by atoms with Crippen molar-refractivity contribution in [3.63, 3.8) is 0 Å². The topological polar surface area (TPSA) is 32.3 Å². The minimum Gasteiger partial charge on any atom is -0.355 e. The predicted octanol–water partition coefficient (Wildman–Crippen LogP) is 3.26. The smallest absolute Gasteiger partial charge is 0.234 e. The van der Waals surface area contributed by atoms with Crippen molar-refractivity contribution in [1.82, 2.24) is 10.2 Å². The van der Waals surface area contributed by atoms with Crippen molar-refractivity contribution in [2.75, 3.05) is 26.2 Å². The Hall–Kier alpha value is -0.830. The molecule has 1 fully saturated rings. The minimum absolute atomic E-state index is 0.210. The molecule has 3 nitrogen and oxygen atoms in total. The van der Waals surface area contributed by atoms with E-state index in [2.05, 4.69) is 16.3 Å². The second kappa shape index (κ2) is 9.17. The van der Waals surface area contributed by atoms with Crippen molar-refractivity contribution in [2.24, 2.45) is 0 Å². The highest BCUT2D eigenvalue weighted by Crippen LogP contribution is 2.19. The molecule has 0 unspecified atom stereocenters. The molecule has 3 heteroatoms. The van der Waals surface area contributed by atoms with Crippen molar-refractivity contribution in [2.45, 2.75) is 64.2 Å². The molecule has 0 aromatic heterocycles. The average Bonchev–Trinajstić information content (AvgIpc) is 2.43. The van der Waals surface area contributed by atoms with E-state index in [-0.39, 0.29) is 5.91 Å². The third-order valence-corrected chi connectivity index (χ3v) is 4.47. The summed E-state index contributed by atoms with van der Waals surface area (Å²) >= 11 is 0. The first kappa shape index (κ1) is 15.6. The van der Waals surface area contributed by atoms with Gasteiger partial charge in [-0.1, -0.05) is 30.9 Å². The Bertz CT molecular complexity index is 317. The highest BCUT2D eigenvalue weighted by molar-refractivity contribution is 5.78. The van der Waals surface area contributed by atoms with Crippen LogP contribution in [0.4, 0.5) is 0 Å². The highest BCUT2D eigenvalue weighted by Gasteiger charge is 2.12. The van der Waals surface area contributed by atoms with Crippen molar-refractivity contribution < 1.29 is 4.79 Å². The summed E-state index contributed by atoms with van der Waals surface area (Å²) in [6.07, 6.45) is 15.1. The third-order valence-electron chi connectivity index (χ3n) is 4.47. The first-order valence-corrected chi connectivity index (χ1v) is 8.51. The molecule has 0 saturated carbocycles. The molecule has 1 N–H and O–H groups in total. The van der Waals surface area contributed by atoms with Crippen LogP contribution in [0.5, 0.6) is 0 Å². The lowest BCUT2D eigenvalue weighted by Gasteiger charge is -2.23. The molecule has 0 bridgehead atoms. The zero-order valence-electron chi connectivity index (χ0n) is 12.8. The van der Waals surface area contributed by atoms with E-state index < -0.39 is 0 Å². The zero-order chi connectivity index (χ0) is 14.0. The zero-order valence-corrected chi connectivity index (χ0v) is 12.8. The van der Waals surface area contributed by atoms with Gasteiger partial charge < -0.3 is 5.32 Å². The Morgan fingerprint density at radius 3 is 2.50 bits per heavy atom. The lowest BCUT2D eigenvalue weighted by molar-refractivity contribution is -0.122. The third kappa shape index (κ3) is 6.08. The molecule has 0 aromatic carbocycles. The number of allylic oxidation sites excluding steroid dienone is 1. The molecule has 2 aliphatic rings. The van der Waals surface area contributed by atoms with Gasteiger partial charge in [-0.15, -0.1) is 0 Å². The number of carbonyl (C=O) groups is 1. The van der Waals surface area contributed by atoms with Gasteiger partial charge in [0.25, 0.3) is 0 Å². The second-order valence-electron chi connectivity index (χ2n) is 6.25. The first-order valence-electron chi connectivity index (χ1n) is 8.51. The van der Waals surface area contributed by atoms with Gasteiger partial charge in [0.15, 0.2) is 0 Å². The van der Waals surface area contributed by atoms with E-state index in [1.807, 2.05) is 0 Å². The maximum Gasteiger partial charge on any atom is 0.234 e. The van der Waals surface area contributed by atoms with Crippen molar-refractivity contribution in [3.05, 3.63) is 11.6 Å². The SMILES string of the molecule is O=C(CN1CCCCCCC1)NCCC1=CCCCC1. The molecular weight excluding hydrogens is 248 g/mol. The van der Waals surface area contributed by atoms with Crippen LogP contribution in [0.15, 0.2) is 11.6 Å². The van der Waals surface area contributed by atoms with Crippen LogP contribution in [0.2, 0.25) is 0 Å². The van der Waals surface area contributed by atoms with Gasteiger partial charge in [-0.05, 0) is 58.0 Å². The number of amides is 1. The molecule has 0 spiro atoms. The van der Waals surface area contributed by atoms with Gasteiger partial charge in [0.05, 0.1) is 6.54 Å². The molecule has 1 amide bonds. The number of hydrogen-bond donors (Lipinski definition) is 1. The highest BCUT2D eigenvalue weighted by atomic mass is 16.2. The molecule has 1 aliphatic carbocycles. The monoisotopic (exact) mass is 278 g/mol. The molecule has 1 saturated heterocycles. The van der Waals surface area contributed by atoms with Gasteiger partial charge in [-0.25, -0.2) is 0 Å². The van der Waals surface area contributed by atoms with Crippen LogP contribution < -0.4 is 5.32 Å². The molecule has 0 atom stereocenters. The van der Waals surface area contributed by atoms with Crippen LogP contribution in [-0.4, -0.2) is 37.0 Å². The first-order chi connectivity index (χ1) is 9.84. The summed E-state index contributed by atoms with van der Waals surface area (Å²) in [6, 6.07) is 0. The molecule has 2 rings (SSSR count). The van der Waals surface area contributed by atoms with Crippen LogP contribution >= 0.6 is 0 Å². The van der Waals surface area contributed by atoms with Gasteiger partial charge in [-0.3, -0.25) is 9.69 Å². The molecule has 0 aromatic rings. The van der Waals surface area contributed by atoms with E-state index in [9.17, 15) is 4.79 Å². The standard InChI is InChI=1S/C17H30N2O/c20-17(15-19-13-7-2-1-3-8-14-19)18-12-11-16-9-5-4-6-10-16/h9H,1-8,10-15H2,(H,18,20). The summed E-state index contributed by atoms with van der Waals surface area (Å²) in [6.45, 7) is 3.61. The van der Waals surface area contributed by atoms with E-state index >= 15 is 0 Å². The Morgan fingerprint density at radius 1 is 1.05 bits per heavy atom. The molecule has 1 heterocycles. The fraction of sp³-hybridized carbons (Fsp3) is 0.824. The maximum atomic E-state index is 12.0. The summed E-state index contributed by atoms with van der Waals surface area (Å²) in [7, 11) is 0. The Labute approximate surface area is 123 Å². The Morgan fingerprint density at radius 2 is 1.80 bits per heavy atom. The van der Waals surface area contributed by atoms with Crippen LogP contribution in [0.3, 0.4) is 0 Å². The lowest BCUT2D eigenvalue weighted by atomic mass is 9.97. The van der Waals surface area contributed by atoms with Gasteiger partial charge in [0.2, 0.25) is 5.91 Å². The summed E-state index contributed by atoms with van der Waals surface area (Å²) in [4.78, 5) is 14.3. The van der Waals surface area contributed by atoms with E-state index in [4.69, 9.17) is 0 Å². The summed E-state index contributed by atoms with van der Waals surface area (Å²) < 4.78 is 0. The fourth-order valence-electron chi connectivity index (χ4n) is 3.22. The molecule has 0 radical (unpaired) electrons. The van der Waals surface area contributed by atoms with E-state index in [1.54, 1.807) is 5.57 Å². The Kier molecular flexibility index (Phi) is 7.13. The fourth-order valence-corrected chi connectivity index (χ4v) is 3.22. The number of hydrogen-bond acceptors (Lipinski definition) is 2. The number of likely N-dealkylation sites (tertiary alicyclic amines) is 1. The average molecular weight is 278 g/mol. The van der Waals surface area contributed by atoms with Gasteiger partial charge in [0.1, 0.15) is 0 Å². The summed E-state index contributed by atoms with van der Waals surface area (Å²) in [5, 5.41) is 3.09.